The Morgan fingerprint density at radius 3 is 2.82 bits per heavy atom. The molecule has 1 saturated carbocycles. The van der Waals surface area contributed by atoms with Gasteiger partial charge in [-0.15, -0.1) is 0 Å². The van der Waals surface area contributed by atoms with Crippen molar-refractivity contribution in [2.24, 2.45) is 5.92 Å². The first-order chi connectivity index (χ1) is 13.2. The molecule has 6 nitrogen and oxygen atoms in total. The summed E-state index contributed by atoms with van der Waals surface area (Å²) >= 11 is 0. The molecule has 28 heavy (non-hydrogen) atoms. The minimum Gasteiger partial charge on any atom is -0.384 e. The zero-order chi connectivity index (χ0) is 19.8. The highest BCUT2D eigenvalue weighted by Crippen LogP contribution is 2.53. The molecular formula is C20H22F2N2O4. The molecule has 5 rings (SSSR count). The van der Waals surface area contributed by atoms with Gasteiger partial charge < -0.3 is 25.1 Å². The average Bonchev–Trinajstić information content (AvgIpc) is 3.13. The van der Waals surface area contributed by atoms with E-state index < -0.39 is 47.8 Å². The lowest BCUT2D eigenvalue weighted by Gasteiger charge is -2.29. The summed E-state index contributed by atoms with van der Waals surface area (Å²) in [6.07, 6.45) is -3.11. The Kier molecular flexibility index (Phi) is 3.78. The minimum absolute atomic E-state index is 0.0626. The molecule has 0 unspecified atom stereocenters. The van der Waals surface area contributed by atoms with Gasteiger partial charge in [0.15, 0.2) is 23.7 Å². The number of rotatable bonds is 2. The second kappa shape index (κ2) is 5.82. The number of pyridine rings is 1. The van der Waals surface area contributed by atoms with Crippen LogP contribution in [0.2, 0.25) is 0 Å². The number of aromatic nitrogens is 1. The SMILES string of the molecule is CC1(C)O[C@H]2O[C@@H]3[C@H](Cc4ccc5cc(F)c(N)nc5c4)[C@H](F)C[C@]3(O)[C@H]2O1. The van der Waals surface area contributed by atoms with Crippen molar-refractivity contribution >= 4 is 16.7 Å². The number of fused-ring (bicyclic) bond motifs is 4. The van der Waals surface area contributed by atoms with Crippen molar-refractivity contribution in [2.45, 2.75) is 62.7 Å². The molecule has 1 aromatic carbocycles. The molecule has 2 aliphatic heterocycles. The van der Waals surface area contributed by atoms with E-state index in [4.69, 9.17) is 19.9 Å². The number of anilines is 1. The number of benzene rings is 1. The van der Waals surface area contributed by atoms with Gasteiger partial charge in [0, 0.05) is 17.7 Å². The van der Waals surface area contributed by atoms with Crippen LogP contribution in [-0.4, -0.2) is 46.1 Å². The first-order valence-corrected chi connectivity index (χ1v) is 9.38. The predicted octanol–water partition coefficient (Wildman–Crippen LogP) is 2.46. The highest BCUT2D eigenvalue weighted by molar-refractivity contribution is 5.80. The molecule has 1 aliphatic carbocycles. The van der Waals surface area contributed by atoms with Crippen molar-refractivity contribution in [1.29, 1.82) is 0 Å². The van der Waals surface area contributed by atoms with Crippen LogP contribution >= 0.6 is 0 Å². The number of hydrogen-bond donors (Lipinski definition) is 2. The predicted molar refractivity (Wildman–Crippen MR) is 96.5 cm³/mol. The van der Waals surface area contributed by atoms with Crippen LogP contribution in [0.25, 0.3) is 10.9 Å². The number of nitrogens with zero attached hydrogens (tertiary/aromatic N) is 1. The number of alkyl halides is 1. The lowest BCUT2D eigenvalue weighted by molar-refractivity contribution is -0.228. The number of nitrogen functional groups attached to an aromatic ring is 1. The largest absolute Gasteiger partial charge is 0.384 e. The zero-order valence-corrected chi connectivity index (χ0v) is 15.6. The summed E-state index contributed by atoms with van der Waals surface area (Å²) in [5.74, 6) is -2.17. The third kappa shape index (κ3) is 2.62. The van der Waals surface area contributed by atoms with Gasteiger partial charge in [0.05, 0.1) is 11.6 Å². The van der Waals surface area contributed by atoms with Crippen molar-refractivity contribution in [3.05, 3.63) is 35.6 Å². The smallest absolute Gasteiger partial charge is 0.190 e. The molecule has 0 bridgehead atoms. The monoisotopic (exact) mass is 392 g/mol. The lowest BCUT2D eigenvalue weighted by Crippen LogP contribution is -2.47. The summed E-state index contributed by atoms with van der Waals surface area (Å²) in [7, 11) is 0. The summed E-state index contributed by atoms with van der Waals surface area (Å²) < 4.78 is 45.9. The Hall–Kier alpha value is -1.87. The number of nitrogens with two attached hydrogens (primary N) is 1. The van der Waals surface area contributed by atoms with Crippen LogP contribution in [-0.2, 0) is 20.6 Å². The van der Waals surface area contributed by atoms with Gasteiger partial charge in [-0.2, -0.15) is 0 Å². The fraction of sp³-hybridized carbons (Fsp3) is 0.550. The Morgan fingerprint density at radius 1 is 1.25 bits per heavy atom. The van der Waals surface area contributed by atoms with E-state index in [1.165, 1.54) is 6.07 Å². The van der Waals surface area contributed by atoms with Crippen molar-refractivity contribution < 1.29 is 28.1 Å². The maximum Gasteiger partial charge on any atom is 0.190 e. The molecular weight excluding hydrogens is 370 g/mol. The molecule has 8 heteroatoms. The molecule has 0 spiro atoms. The highest BCUT2D eigenvalue weighted by atomic mass is 19.1. The molecule has 2 aromatic rings. The third-order valence-corrected chi connectivity index (χ3v) is 6.03. The van der Waals surface area contributed by atoms with Gasteiger partial charge in [0.1, 0.15) is 17.9 Å². The molecule has 2 saturated heterocycles. The molecule has 3 fully saturated rings. The van der Waals surface area contributed by atoms with Crippen LogP contribution in [0.5, 0.6) is 0 Å². The summed E-state index contributed by atoms with van der Waals surface area (Å²) in [6.45, 7) is 3.48. The van der Waals surface area contributed by atoms with E-state index in [9.17, 15) is 13.9 Å². The molecule has 0 radical (unpaired) electrons. The fourth-order valence-corrected chi connectivity index (χ4v) is 4.78. The van der Waals surface area contributed by atoms with E-state index in [0.717, 1.165) is 5.56 Å². The number of halogens is 2. The van der Waals surface area contributed by atoms with Crippen LogP contribution in [0.4, 0.5) is 14.6 Å². The number of hydrogen-bond acceptors (Lipinski definition) is 6. The van der Waals surface area contributed by atoms with Crippen molar-refractivity contribution in [2.75, 3.05) is 5.73 Å². The highest BCUT2D eigenvalue weighted by Gasteiger charge is 2.69. The van der Waals surface area contributed by atoms with Crippen LogP contribution in [0.1, 0.15) is 25.8 Å². The minimum atomic E-state index is -1.43. The zero-order valence-electron chi connectivity index (χ0n) is 15.6. The Balaban J connectivity index is 1.42. The topological polar surface area (TPSA) is 86.8 Å². The molecule has 0 amide bonds. The summed E-state index contributed by atoms with van der Waals surface area (Å²) in [5, 5.41) is 11.8. The van der Waals surface area contributed by atoms with Crippen molar-refractivity contribution in [3.63, 3.8) is 0 Å². The van der Waals surface area contributed by atoms with Crippen LogP contribution in [0.3, 0.4) is 0 Å². The van der Waals surface area contributed by atoms with E-state index in [2.05, 4.69) is 4.98 Å². The summed E-state index contributed by atoms with van der Waals surface area (Å²) in [5.41, 5.74) is 5.48. The molecule has 3 N–H and O–H groups in total. The molecule has 6 atom stereocenters. The Morgan fingerprint density at radius 2 is 2.04 bits per heavy atom. The number of aliphatic hydroxyl groups is 1. The average molecular weight is 392 g/mol. The molecule has 1 aromatic heterocycles. The number of ether oxygens (including phenoxy) is 3. The first kappa shape index (κ1) is 18.2. The molecule has 150 valence electrons. The Bertz CT molecular complexity index is 955. The molecule has 3 heterocycles. The van der Waals surface area contributed by atoms with E-state index in [1.807, 2.05) is 0 Å². The quantitative estimate of drug-likeness (QED) is 0.817. The maximum absolute atomic E-state index is 14.9. The van der Waals surface area contributed by atoms with Crippen LogP contribution < -0.4 is 5.73 Å². The van der Waals surface area contributed by atoms with E-state index in [-0.39, 0.29) is 12.2 Å². The van der Waals surface area contributed by atoms with E-state index in [1.54, 1.807) is 32.0 Å². The van der Waals surface area contributed by atoms with Crippen LogP contribution in [0, 0.1) is 11.7 Å². The first-order valence-electron chi connectivity index (χ1n) is 9.38. The van der Waals surface area contributed by atoms with E-state index in [0.29, 0.717) is 17.3 Å². The van der Waals surface area contributed by atoms with Crippen molar-refractivity contribution in [3.8, 4) is 0 Å². The van der Waals surface area contributed by atoms with Gasteiger partial charge in [0.25, 0.3) is 0 Å². The normalized spacial score (nSPS) is 38.7. The van der Waals surface area contributed by atoms with Gasteiger partial charge in [0.2, 0.25) is 0 Å². The third-order valence-electron chi connectivity index (χ3n) is 6.03. The second-order valence-corrected chi connectivity index (χ2v) is 8.44. The van der Waals surface area contributed by atoms with E-state index >= 15 is 0 Å². The lowest BCUT2D eigenvalue weighted by atomic mass is 9.90. The van der Waals surface area contributed by atoms with Gasteiger partial charge in [-0.25, -0.2) is 13.8 Å². The Labute approximate surface area is 160 Å². The van der Waals surface area contributed by atoms with Gasteiger partial charge >= 0.3 is 0 Å². The van der Waals surface area contributed by atoms with Gasteiger partial charge in [-0.05, 0) is 38.0 Å². The maximum atomic E-state index is 14.9. The summed E-state index contributed by atoms with van der Waals surface area (Å²) in [4.78, 5) is 4.06. The molecule has 3 aliphatic rings. The van der Waals surface area contributed by atoms with Gasteiger partial charge in [-0.1, -0.05) is 12.1 Å². The van der Waals surface area contributed by atoms with Crippen LogP contribution in [0.15, 0.2) is 24.3 Å². The van der Waals surface area contributed by atoms with Gasteiger partial charge in [-0.3, -0.25) is 0 Å². The standard InChI is InChI=1S/C20H22F2N2O4/c1-19(2)27-16-18(28-19)26-15-11(13(22)8-20(15,16)25)5-9-3-4-10-7-12(21)17(23)24-14(10)6-9/h3-4,6-7,11,13,15-16,18,25H,5,8H2,1-2H3,(H2,23,24)/t11-,13-,15-,16+,18-,20-/m1/s1. The van der Waals surface area contributed by atoms with Crippen molar-refractivity contribution in [1.82, 2.24) is 4.98 Å². The fourth-order valence-electron chi connectivity index (χ4n) is 4.78. The summed E-state index contributed by atoms with van der Waals surface area (Å²) in [6, 6.07) is 6.62. The second-order valence-electron chi connectivity index (χ2n) is 8.44.